The van der Waals surface area contributed by atoms with E-state index in [2.05, 4.69) is 5.16 Å². The lowest BCUT2D eigenvalue weighted by molar-refractivity contribution is -0.138. The number of likely N-dealkylation sites (N-methyl/N-ethyl adjacent to an activating group) is 1. The molecule has 138 valence electrons. The van der Waals surface area contributed by atoms with Crippen molar-refractivity contribution >= 4 is 17.5 Å². The van der Waals surface area contributed by atoms with E-state index in [-0.39, 0.29) is 17.9 Å². The predicted molar refractivity (Wildman–Crippen MR) is 98.9 cm³/mol. The number of aromatic nitrogens is 1. The van der Waals surface area contributed by atoms with Gasteiger partial charge in [-0.05, 0) is 45.7 Å². The molecule has 0 spiro atoms. The number of anilines is 1. The van der Waals surface area contributed by atoms with Gasteiger partial charge < -0.3 is 14.3 Å². The van der Waals surface area contributed by atoms with E-state index in [0.717, 1.165) is 22.7 Å². The molecule has 6 nitrogen and oxygen atoms in total. The summed E-state index contributed by atoms with van der Waals surface area (Å²) in [6.07, 6.45) is 1.60. The maximum atomic E-state index is 12.9. The molecular formula is C20H25N3O3. The number of amides is 2. The lowest BCUT2D eigenvalue weighted by Gasteiger charge is -2.27. The molecule has 1 fully saturated rings. The monoisotopic (exact) mass is 355 g/mol. The Labute approximate surface area is 153 Å². The highest BCUT2D eigenvalue weighted by atomic mass is 16.5. The molecule has 1 saturated heterocycles. The number of aryl methyl sites for hydroxylation is 2. The molecule has 2 amide bonds. The fourth-order valence-corrected chi connectivity index (χ4v) is 3.62. The van der Waals surface area contributed by atoms with Crippen LogP contribution in [0.3, 0.4) is 0 Å². The van der Waals surface area contributed by atoms with Crippen LogP contribution >= 0.6 is 0 Å². The Kier molecular flexibility index (Phi) is 5.40. The van der Waals surface area contributed by atoms with E-state index in [1.54, 1.807) is 9.80 Å². The van der Waals surface area contributed by atoms with Crippen LogP contribution in [-0.4, -0.2) is 41.0 Å². The molecule has 0 radical (unpaired) electrons. The van der Waals surface area contributed by atoms with E-state index in [1.807, 2.05) is 51.1 Å². The van der Waals surface area contributed by atoms with Gasteiger partial charge in [-0.1, -0.05) is 23.4 Å². The van der Waals surface area contributed by atoms with Gasteiger partial charge in [0.15, 0.2) is 0 Å². The molecular weight excluding hydrogens is 330 g/mol. The van der Waals surface area contributed by atoms with Gasteiger partial charge in [0.25, 0.3) is 0 Å². The summed E-state index contributed by atoms with van der Waals surface area (Å²) < 4.78 is 5.16. The van der Waals surface area contributed by atoms with E-state index in [9.17, 15) is 9.59 Å². The number of hydrogen-bond donors (Lipinski definition) is 0. The maximum absolute atomic E-state index is 12.9. The first-order valence-electron chi connectivity index (χ1n) is 9.10. The SMILES string of the molecule is CCN(C(=O)CCc1c(C)noc1C)[C@H]1CCN(c2ccccc2)C1=O. The molecule has 1 aliphatic rings. The second-order valence-electron chi connectivity index (χ2n) is 6.61. The summed E-state index contributed by atoms with van der Waals surface area (Å²) in [4.78, 5) is 29.1. The molecule has 0 bridgehead atoms. The summed E-state index contributed by atoms with van der Waals surface area (Å²) in [6.45, 7) is 6.83. The van der Waals surface area contributed by atoms with Crippen LogP contribution in [0.5, 0.6) is 0 Å². The first-order valence-corrected chi connectivity index (χ1v) is 9.10. The Morgan fingerprint density at radius 3 is 2.65 bits per heavy atom. The minimum absolute atomic E-state index is 0.000705. The van der Waals surface area contributed by atoms with Crippen LogP contribution in [0.15, 0.2) is 34.9 Å². The molecule has 0 unspecified atom stereocenters. The first-order chi connectivity index (χ1) is 12.5. The topological polar surface area (TPSA) is 66.7 Å². The summed E-state index contributed by atoms with van der Waals surface area (Å²) in [5, 5.41) is 3.93. The number of carbonyl (C=O) groups is 2. The quantitative estimate of drug-likeness (QED) is 0.799. The fourth-order valence-electron chi connectivity index (χ4n) is 3.62. The summed E-state index contributed by atoms with van der Waals surface area (Å²) >= 11 is 0. The van der Waals surface area contributed by atoms with E-state index in [4.69, 9.17) is 4.52 Å². The molecule has 0 saturated carbocycles. The molecule has 6 heteroatoms. The van der Waals surface area contributed by atoms with Crippen molar-refractivity contribution in [1.29, 1.82) is 0 Å². The molecule has 1 atom stereocenters. The highest BCUT2D eigenvalue weighted by Gasteiger charge is 2.38. The van der Waals surface area contributed by atoms with Gasteiger partial charge in [-0.2, -0.15) is 0 Å². The molecule has 3 rings (SSSR count). The van der Waals surface area contributed by atoms with Crippen molar-refractivity contribution in [2.24, 2.45) is 0 Å². The van der Waals surface area contributed by atoms with Crippen LogP contribution in [0.25, 0.3) is 0 Å². The van der Waals surface area contributed by atoms with Gasteiger partial charge in [-0.25, -0.2) is 0 Å². The minimum Gasteiger partial charge on any atom is -0.361 e. The van der Waals surface area contributed by atoms with Crippen molar-refractivity contribution in [2.45, 2.75) is 46.1 Å². The molecule has 2 heterocycles. The van der Waals surface area contributed by atoms with Gasteiger partial charge in [0.05, 0.1) is 5.69 Å². The van der Waals surface area contributed by atoms with Crippen molar-refractivity contribution in [1.82, 2.24) is 10.1 Å². The third kappa shape index (κ3) is 3.49. The van der Waals surface area contributed by atoms with Crippen molar-refractivity contribution < 1.29 is 14.1 Å². The zero-order valence-corrected chi connectivity index (χ0v) is 15.6. The van der Waals surface area contributed by atoms with Crippen molar-refractivity contribution in [3.8, 4) is 0 Å². The van der Waals surface area contributed by atoms with Crippen molar-refractivity contribution in [3.63, 3.8) is 0 Å². The number of benzene rings is 1. The van der Waals surface area contributed by atoms with Gasteiger partial charge in [0.1, 0.15) is 11.8 Å². The van der Waals surface area contributed by atoms with Gasteiger partial charge in [-0.15, -0.1) is 0 Å². The normalized spacial score (nSPS) is 17.0. The lowest BCUT2D eigenvalue weighted by atomic mass is 10.1. The van der Waals surface area contributed by atoms with E-state index < -0.39 is 0 Å². The highest BCUT2D eigenvalue weighted by molar-refractivity contribution is 6.01. The van der Waals surface area contributed by atoms with Gasteiger partial charge in [-0.3, -0.25) is 9.59 Å². The maximum Gasteiger partial charge on any atom is 0.249 e. The van der Waals surface area contributed by atoms with Crippen LogP contribution in [0.4, 0.5) is 5.69 Å². The number of nitrogens with zero attached hydrogens (tertiary/aromatic N) is 3. The molecule has 0 aliphatic carbocycles. The second kappa shape index (κ2) is 7.72. The summed E-state index contributed by atoms with van der Waals surface area (Å²) in [5.74, 6) is 0.759. The van der Waals surface area contributed by atoms with Crippen LogP contribution in [0.1, 0.15) is 36.8 Å². The number of carbonyl (C=O) groups excluding carboxylic acids is 2. The van der Waals surface area contributed by atoms with Gasteiger partial charge in [0.2, 0.25) is 11.8 Å². The summed E-state index contributed by atoms with van der Waals surface area (Å²) in [6, 6.07) is 9.24. The molecule has 2 aromatic rings. The van der Waals surface area contributed by atoms with Crippen molar-refractivity contribution in [3.05, 3.63) is 47.3 Å². The largest absolute Gasteiger partial charge is 0.361 e. The Morgan fingerprint density at radius 2 is 2.04 bits per heavy atom. The molecule has 26 heavy (non-hydrogen) atoms. The Bertz CT molecular complexity index is 765. The Morgan fingerprint density at radius 1 is 1.31 bits per heavy atom. The minimum atomic E-state index is -0.377. The second-order valence-corrected chi connectivity index (χ2v) is 6.61. The van der Waals surface area contributed by atoms with E-state index >= 15 is 0 Å². The molecule has 0 N–H and O–H groups in total. The lowest BCUT2D eigenvalue weighted by Crippen LogP contribution is -2.45. The summed E-state index contributed by atoms with van der Waals surface area (Å²) in [5.41, 5.74) is 2.70. The summed E-state index contributed by atoms with van der Waals surface area (Å²) in [7, 11) is 0. The standard InChI is InChI=1S/C20H25N3O3/c1-4-22(19(24)11-10-17-14(2)21-26-15(17)3)18-12-13-23(20(18)25)16-8-6-5-7-9-16/h5-9,18H,4,10-13H2,1-3H3/t18-/m0/s1. The number of rotatable bonds is 6. The first kappa shape index (κ1) is 18.2. The van der Waals surface area contributed by atoms with Crippen LogP contribution < -0.4 is 4.90 Å². The van der Waals surface area contributed by atoms with E-state index in [0.29, 0.717) is 32.4 Å². The van der Waals surface area contributed by atoms with Crippen molar-refractivity contribution in [2.75, 3.05) is 18.0 Å². The Balaban J connectivity index is 1.67. The molecule has 1 aliphatic heterocycles. The average Bonchev–Trinajstić information content (AvgIpc) is 3.18. The zero-order valence-electron chi connectivity index (χ0n) is 15.6. The smallest absolute Gasteiger partial charge is 0.249 e. The molecule has 1 aromatic carbocycles. The Hall–Kier alpha value is -2.63. The third-order valence-corrected chi connectivity index (χ3v) is 5.05. The van der Waals surface area contributed by atoms with Crippen LogP contribution in [-0.2, 0) is 16.0 Å². The van der Waals surface area contributed by atoms with E-state index in [1.165, 1.54) is 0 Å². The van der Waals surface area contributed by atoms with Gasteiger partial charge in [0, 0.05) is 30.8 Å². The van der Waals surface area contributed by atoms with Crippen LogP contribution in [0.2, 0.25) is 0 Å². The van der Waals surface area contributed by atoms with Crippen LogP contribution in [0, 0.1) is 13.8 Å². The number of hydrogen-bond acceptors (Lipinski definition) is 4. The number of para-hydroxylation sites is 1. The predicted octanol–water partition coefficient (Wildman–Crippen LogP) is 2.88. The average molecular weight is 355 g/mol. The molecule has 1 aromatic heterocycles. The zero-order chi connectivity index (χ0) is 18.7. The third-order valence-electron chi connectivity index (χ3n) is 5.05. The van der Waals surface area contributed by atoms with Gasteiger partial charge >= 0.3 is 0 Å². The highest BCUT2D eigenvalue weighted by Crippen LogP contribution is 2.25. The fraction of sp³-hybridized carbons (Fsp3) is 0.450.